The number of rotatable bonds is 4. The Morgan fingerprint density at radius 2 is 2.06 bits per heavy atom. The van der Waals surface area contributed by atoms with Crippen LogP contribution in [0.1, 0.15) is 35.7 Å². The van der Waals surface area contributed by atoms with Gasteiger partial charge in [0, 0.05) is 0 Å². The van der Waals surface area contributed by atoms with Crippen LogP contribution in [0.4, 0.5) is 8.78 Å². The van der Waals surface area contributed by atoms with Crippen molar-refractivity contribution in [3.05, 3.63) is 34.9 Å². The highest BCUT2D eigenvalue weighted by Crippen LogP contribution is 2.17. The second kappa shape index (κ2) is 5.58. The third-order valence-electron chi connectivity index (χ3n) is 2.22. The summed E-state index contributed by atoms with van der Waals surface area (Å²) < 4.78 is 31.5. The number of benzene rings is 1. The normalized spacial score (nSPS) is 10.2. The molecule has 1 aromatic rings. The molecule has 88 valence electrons. The van der Waals surface area contributed by atoms with Gasteiger partial charge in [0.25, 0.3) is 0 Å². The zero-order valence-electron chi connectivity index (χ0n) is 9.35. The first kappa shape index (κ1) is 12.6. The Balaban J connectivity index is 2.86. The van der Waals surface area contributed by atoms with Crippen LogP contribution in [-0.4, -0.2) is 12.6 Å². The van der Waals surface area contributed by atoms with E-state index in [0.29, 0.717) is 6.42 Å². The summed E-state index contributed by atoms with van der Waals surface area (Å²) in [4.78, 5) is 11.4. The standard InChI is InChI=1S/C12H14F2O2/c1-3-4-7-16-12(15)10-9(13)6-5-8(2)11(10)14/h5-6H,3-4,7H2,1-2H3. The fraction of sp³-hybridized carbons (Fsp3) is 0.417. The average Bonchev–Trinajstić information content (AvgIpc) is 2.24. The summed E-state index contributed by atoms with van der Waals surface area (Å²) in [6.07, 6.45) is 1.53. The van der Waals surface area contributed by atoms with Crippen LogP contribution in [0.2, 0.25) is 0 Å². The van der Waals surface area contributed by atoms with Crippen molar-refractivity contribution in [3.63, 3.8) is 0 Å². The van der Waals surface area contributed by atoms with Gasteiger partial charge in [-0.05, 0) is 25.0 Å². The Morgan fingerprint density at radius 3 is 2.69 bits per heavy atom. The molecular formula is C12H14F2O2. The summed E-state index contributed by atoms with van der Waals surface area (Å²) in [5, 5.41) is 0. The molecule has 4 heteroatoms. The summed E-state index contributed by atoms with van der Waals surface area (Å²) in [7, 11) is 0. The van der Waals surface area contributed by atoms with Gasteiger partial charge in [0.15, 0.2) is 0 Å². The number of carbonyl (C=O) groups is 1. The first-order chi connectivity index (χ1) is 7.57. The summed E-state index contributed by atoms with van der Waals surface area (Å²) in [6, 6.07) is 2.35. The van der Waals surface area contributed by atoms with Gasteiger partial charge in [-0.1, -0.05) is 19.4 Å². The highest BCUT2D eigenvalue weighted by atomic mass is 19.1. The van der Waals surface area contributed by atoms with E-state index in [1.165, 1.54) is 13.0 Å². The monoisotopic (exact) mass is 228 g/mol. The molecule has 2 nitrogen and oxygen atoms in total. The molecule has 0 bridgehead atoms. The number of hydrogen-bond donors (Lipinski definition) is 0. The highest BCUT2D eigenvalue weighted by Gasteiger charge is 2.20. The zero-order valence-corrected chi connectivity index (χ0v) is 9.35. The second-order valence-electron chi connectivity index (χ2n) is 3.54. The molecule has 0 saturated heterocycles. The van der Waals surface area contributed by atoms with E-state index in [1.54, 1.807) is 0 Å². The van der Waals surface area contributed by atoms with Gasteiger partial charge in [0.2, 0.25) is 0 Å². The Bertz CT molecular complexity index is 389. The molecule has 0 spiro atoms. The average molecular weight is 228 g/mol. The number of ether oxygens (including phenoxy) is 1. The van der Waals surface area contributed by atoms with E-state index in [2.05, 4.69) is 0 Å². The molecule has 0 fully saturated rings. The number of carbonyl (C=O) groups excluding carboxylic acids is 1. The molecule has 0 aromatic heterocycles. The third kappa shape index (κ3) is 2.78. The maximum Gasteiger partial charge on any atom is 0.344 e. The van der Waals surface area contributed by atoms with Crippen molar-refractivity contribution < 1.29 is 18.3 Å². The van der Waals surface area contributed by atoms with E-state index < -0.39 is 23.2 Å². The highest BCUT2D eigenvalue weighted by molar-refractivity contribution is 5.90. The predicted molar refractivity (Wildman–Crippen MR) is 56.3 cm³/mol. The van der Waals surface area contributed by atoms with Crippen molar-refractivity contribution in [2.75, 3.05) is 6.61 Å². The maximum absolute atomic E-state index is 13.5. The minimum Gasteiger partial charge on any atom is -0.462 e. The third-order valence-corrected chi connectivity index (χ3v) is 2.22. The van der Waals surface area contributed by atoms with Gasteiger partial charge in [-0.3, -0.25) is 0 Å². The quantitative estimate of drug-likeness (QED) is 0.584. The fourth-order valence-electron chi connectivity index (χ4n) is 1.23. The van der Waals surface area contributed by atoms with Gasteiger partial charge < -0.3 is 4.74 Å². The summed E-state index contributed by atoms with van der Waals surface area (Å²) >= 11 is 0. The van der Waals surface area contributed by atoms with Gasteiger partial charge in [0.1, 0.15) is 17.2 Å². The molecule has 0 saturated carbocycles. The molecule has 1 rings (SSSR count). The van der Waals surface area contributed by atoms with Crippen LogP contribution < -0.4 is 0 Å². The van der Waals surface area contributed by atoms with Crippen molar-refractivity contribution in [1.82, 2.24) is 0 Å². The van der Waals surface area contributed by atoms with Gasteiger partial charge in [-0.2, -0.15) is 0 Å². The van der Waals surface area contributed by atoms with Gasteiger partial charge in [0.05, 0.1) is 6.61 Å². The summed E-state index contributed by atoms with van der Waals surface area (Å²) in [6.45, 7) is 3.58. The predicted octanol–water partition coefficient (Wildman–Crippen LogP) is 3.23. The molecular weight excluding hydrogens is 214 g/mol. The minimum absolute atomic E-state index is 0.183. The maximum atomic E-state index is 13.5. The van der Waals surface area contributed by atoms with Crippen molar-refractivity contribution in [1.29, 1.82) is 0 Å². The van der Waals surface area contributed by atoms with Crippen molar-refractivity contribution >= 4 is 5.97 Å². The zero-order chi connectivity index (χ0) is 12.1. The summed E-state index contributed by atoms with van der Waals surface area (Å²) in [5.41, 5.74) is -0.375. The molecule has 0 heterocycles. The number of aryl methyl sites for hydroxylation is 1. The van der Waals surface area contributed by atoms with Gasteiger partial charge in [-0.15, -0.1) is 0 Å². The lowest BCUT2D eigenvalue weighted by Crippen LogP contribution is -2.12. The fourth-order valence-corrected chi connectivity index (χ4v) is 1.23. The number of esters is 1. The van der Waals surface area contributed by atoms with E-state index >= 15 is 0 Å². The van der Waals surface area contributed by atoms with Gasteiger partial charge in [-0.25, -0.2) is 13.6 Å². The van der Waals surface area contributed by atoms with E-state index in [9.17, 15) is 13.6 Å². The van der Waals surface area contributed by atoms with Gasteiger partial charge >= 0.3 is 5.97 Å². The first-order valence-electron chi connectivity index (χ1n) is 5.19. The van der Waals surface area contributed by atoms with Crippen LogP contribution >= 0.6 is 0 Å². The van der Waals surface area contributed by atoms with Crippen molar-refractivity contribution in [2.24, 2.45) is 0 Å². The molecule has 0 aliphatic rings. The van der Waals surface area contributed by atoms with Crippen LogP contribution in [0.3, 0.4) is 0 Å². The molecule has 16 heavy (non-hydrogen) atoms. The SMILES string of the molecule is CCCCOC(=O)c1c(F)ccc(C)c1F. The lowest BCUT2D eigenvalue weighted by atomic mass is 10.1. The smallest absolute Gasteiger partial charge is 0.344 e. The number of hydrogen-bond acceptors (Lipinski definition) is 2. The molecule has 1 aromatic carbocycles. The second-order valence-corrected chi connectivity index (χ2v) is 3.54. The molecule has 0 N–H and O–H groups in total. The molecule has 0 unspecified atom stereocenters. The van der Waals surface area contributed by atoms with Crippen LogP contribution in [0.15, 0.2) is 12.1 Å². The Kier molecular flexibility index (Phi) is 4.40. The van der Waals surface area contributed by atoms with Crippen LogP contribution in [0.5, 0.6) is 0 Å². The van der Waals surface area contributed by atoms with Crippen LogP contribution in [0, 0.1) is 18.6 Å². The molecule has 0 amide bonds. The number of unbranched alkanes of at least 4 members (excludes halogenated alkanes) is 1. The first-order valence-corrected chi connectivity index (χ1v) is 5.19. The van der Waals surface area contributed by atoms with Crippen molar-refractivity contribution in [2.45, 2.75) is 26.7 Å². The van der Waals surface area contributed by atoms with E-state index in [-0.39, 0.29) is 12.2 Å². The molecule has 0 aliphatic carbocycles. The van der Waals surface area contributed by atoms with Crippen LogP contribution in [0.25, 0.3) is 0 Å². The molecule has 0 aliphatic heterocycles. The molecule has 0 radical (unpaired) electrons. The van der Waals surface area contributed by atoms with Crippen LogP contribution in [-0.2, 0) is 4.74 Å². The number of halogens is 2. The Hall–Kier alpha value is -1.45. The Labute approximate surface area is 93.2 Å². The topological polar surface area (TPSA) is 26.3 Å². The largest absolute Gasteiger partial charge is 0.462 e. The lowest BCUT2D eigenvalue weighted by molar-refractivity contribution is 0.0488. The van der Waals surface area contributed by atoms with E-state index in [1.807, 2.05) is 6.92 Å². The van der Waals surface area contributed by atoms with E-state index in [4.69, 9.17) is 4.74 Å². The minimum atomic E-state index is -0.938. The lowest BCUT2D eigenvalue weighted by Gasteiger charge is -2.07. The molecule has 0 atom stereocenters. The summed E-state index contributed by atoms with van der Waals surface area (Å²) in [5.74, 6) is -2.67. The Morgan fingerprint density at radius 1 is 1.38 bits per heavy atom. The van der Waals surface area contributed by atoms with Crippen molar-refractivity contribution in [3.8, 4) is 0 Å². The van der Waals surface area contributed by atoms with E-state index in [0.717, 1.165) is 12.5 Å².